The number of fused-ring (bicyclic) bond motifs is 1. The molecule has 0 bridgehead atoms. The molecule has 0 saturated carbocycles. The minimum absolute atomic E-state index is 0.0880. The van der Waals surface area contributed by atoms with Crippen molar-refractivity contribution in [1.29, 1.82) is 0 Å². The van der Waals surface area contributed by atoms with Gasteiger partial charge in [-0.25, -0.2) is 9.79 Å². The first kappa shape index (κ1) is 22.9. The first-order valence-electron chi connectivity index (χ1n) is 10.7. The second-order valence-electron chi connectivity index (χ2n) is 8.03. The maximum Gasteiger partial charge on any atom is 0.338 e. The van der Waals surface area contributed by atoms with Gasteiger partial charge in [-0.2, -0.15) is 0 Å². The van der Waals surface area contributed by atoms with Crippen molar-refractivity contribution >= 4 is 40.4 Å². The van der Waals surface area contributed by atoms with Gasteiger partial charge in [0, 0.05) is 36.9 Å². The minimum Gasteiger partial charge on any atom is -0.463 e. The van der Waals surface area contributed by atoms with E-state index < -0.39 is 12.0 Å². The van der Waals surface area contributed by atoms with Crippen LogP contribution < -0.4 is 0 Å². The lowest BCUT2D eigenvalue weighted by molar-refractivity contribution is -0.139. The van der Waals surface area contributed by atoms with E-state index >= 15 is 0 Å². The van der Waals surface area contributed by atoms with Crippen molar-refractivity contribution in [3.05, 3.63) is 57.2 Å². The van der Waals surface area contributed by atoms with Crippen LogP contribution in [0.5, 0.6) is 0 Å². The van der Waals surface area contributed by atoms with Gasteiger partial charge in [-0.15, -0.1) is 0 Å². The zero-order valence-electron chi connectivity index (χ0n) is 18.5. The zero-order valence-corrected chi connectivity index (χ0v) is 20.1. The highest BCUT2D eigenvalue weighted by atomic mass is 35.5. The molecule has 1 amide bonds. The number of esters is 1. The fourth-order valence-electron chi connectivity index (χ4n) is 4.12. The van der Waals surface area contributed by atoms with Crippen molar-refractivity contribution in [3.8, 4) is 0 Å². The molecule has 1 aromatic rings. The summed E-state index contributed by atoms with van der Waals surface area (Å²) in [5, 5.41) is 3.35. The number of thioether (sulfide) groups is 1. The van der Waals surface area contributed by atoms with E-state index in [9.17, 15) is 9.59 Å². The summed E-state index contributed by atoms with van der Waals surface area (Å²) in [4.78, 5) is 36.8. The van der Waals surface area contributed by atoms with Crippen molar-refractivity contribution in [1.82, 2.24) is 14.7 Å². The summed E-state index contributed by atoms with van der Waals surface area (Å²) in [5.74, 6) is -0.306. The smallest absolute Gasteiger partial charge is 0.338 e. The van der Waals surface area contributed by atoms with Gasteiger partial charge in [0.05, 0.1) is 30.3 Å². The van der Waals surface area contributed by atoms with Crippen LogP contribution in [0.4, 0.5) is 0 Å². The summed E-state index contributed by atoms with van der Waals surface area (Å²) in [6.07, 6.45) is 0.259. The molecular weight excluding hydrogens is 448 g/mol. The summed E-state index contributed by atoms with van der Waals surface area (Å²) in [6.45, 7) is 7.09. The average Bonchev–Trinajstić information content (AvgIpc) is 3.16. The van der Waals surface area contributed by atoms with Gasteiger partial charge in [-0.3, -0.25) is 4.79 Å². The van der Waals surface area contributed by atoms with Crippen molar-refractivity contribution in [3.63, 3.8) is 0 Å². The lowest BCUT2D eigenvalue weighted by Gasteiger charge is -2.37. The van der Waals surface area contributed by atoms with Crippen molar-refractivity contribution in [2.75, 3.05) is 39.8 Å². The third kappa shape index (κ3) is 4.58. The van der Waals surface area contributed by atoms with Crippen LogP contribution in [0, 0.1) is 0 Å². The fourth-order valence-corrected chi connectivity index (χ4v) is 5.21. The van der Waals surface area contributed by atoms with Crippen LogP contribution in [-0.2, 0) is 14.3 Å². The molecule has 3 aliphatic rings. The third-order valence-electron chi connectivity index (χ3n) is 5.87. The number of allylic oxidation sites excluding steroid dienone is 1. The summed E-state index contributed by atoms with van der Waals surface area (Å²) >= 11 is 7.60. The lowest BCUT2D eigenvalue weighted by atomic mass is 9.94. The predicted octanol–water partition coefficient (Wildman–Crippen LogP) is 3.64. The fraction of sp³-hybridized carbons (Fsp3) is 0.435. The van der Waals surface area contributed by atoms with Crippen LogP contribution in [0.2, 0.25) is 5.02 Å². The number of rotatable bonds is 5. The quantitative estimate of drug-likeness (QED) is 0.607. The number of ether oxygens (including phenoxy) is 1. The van der Waals surface area contributed by atoms with Gasteiger partial charge in [0.15, 0.2) is 5.17 Å². The lowest BCUT2D eigenvalue weighted by Crippen LogP contribution is -2.47. The normalized spacial score (nSPS) is 21.3. The molecule has 3 heterocycles. The predicted molar refractivity (Wildman–Crippen MR) is 127 cm³/mol. The number of likely N-dealkylation sites (N-methyl/N-ethyl adjacent to an activating group) is 1. The molecule has 0 aromatic heterocycles. The molecule has 1 unspecified atom stereocenters. The largest absolute Gasteiger partial charge is 0.463 e. The summed E-state index contributed by atoms with van der Waals surface area (Å²) in [6, 6.07) is 7.00. The number of amidine groups is 1. The number of amides is 1. The second-order valence-corrected chi connectivity index (χ2v) is 9.30. The molecule has 7 nitrogen and oxygen atoms in total. The van der Waals surface area contributed by atoms with Gasteiger partial charge >= 0.3 is 5.97 Å². The monoisotopic (exact) mass is 474 g/mol. The molecule has 3 aliphatic heterocycles. The van der Waals surface area contributed by atoms with Crippen molar-refractivity contribution < 1.29 is 14.3 Å². The molecule has 1 atom stereocenters. The number of benzene rings is 1. The molecule has 170 valence electrons. The van der Waals surface area contributed by atoms with Gasteiger partial charge in [-0.1, -0.05) is 35.5 Å². The Morgan fingerprint density at radius 3 is 2.53 bits per heavy atom. The molecule has 0 N–H and O–H groups in total. The number of piperazine rings is 1. The number of halogens is 1. The van der Waals surface area contributed by atoms with E-state index in [0.717, 1.165) is 42.6 Å². The zero-order chi connectivity index (χ0) is 22.8. The number of nitrogens with zero attached hydrogens (tertiary/aromatic N) is 4. The maximum absolute atomic E-state index is 13.1. The number of carbonyl (C=O) groups is 2. The average molecular weight is 475 g/mol. The Morgan fingerprint density at radius 2 is 1.88 bits per heavy atom. The standard InChI is InChI=1S/C23H27ClN4O3S/c1-4-31-22(30)20-15(2)25-23-28(21(20)16-5-7-17(24)8-6-16)18(14-32-23)13-19(29)27-11-9-26(3)10-12-27/h5-8,14,21H,4,9-13H2,1-3H3. The molecular formula is C23H27ClN4O3S. The number of aliphatic imine (C=N–C) groups is 1. The Hall–Kier alpha value is -2.29. The maximum atomic E-state index is 13.1. The van der Waals surface area contributed by atoms with Crippen molar-refractivity contribution in [2.45, 2.75) is 26.3 Å². The molecule has 9 heteroatoms. The first-order valence-corrected chi connectivity index (χ1v) is 12.0. The van der Waals surface area contributed by atoms with Gasteiger partial charge in [-0.05, 0) is 44.0 Å². The Balaban J connectivity index is 1.65. The van der Waals surface area contributed by atoms with Crippen LogP contribution in [0.25, 0.3) is 0 Å². The van der Waals surface area contributed by atoms with E-state index in [1.807, 2.05) is 46.4 Å². The summed E-state index contributed by atoms with van der Waals surface area (Å²) < 4.78 is 5.37. The molecule has 32 heavy (non-hydrogen) atoms. The SMILES string of the molecule is CCOC(=O)C1=C(C)N=C2SC=C(CC(=O)N3CCN(C)CC3)N2C1c1ccc(Cl)cc1. The van der Waals surface area contributed by atoms with Crippen LogP contribution in [0.3, 0.4) is 0 Å². The Bertz CT molecular complexity index is 997. The Labute approximate surface area is 197 Å². The van der Waals surface area contributed by atoms with Gasteiger partial charge in [0.1, 0.15) is 0 Å². The van der Waals surface area contributed by atoms with E-state index in [4.69, 9.17) is 16.3 Å². The molecule has 0 radical (unpaired) electrons. The molecule has 4 rings (SSSR count). The third-order valence-corrected chi connectivity index (χ3v) is 7.01. The minimum atomic E-state index is -0.430. The highest BCUT2D eigenvalue weighted by molar-refractivity contribution is 8.16. The molecule has 0 aliphatic carbocycles. The van der Waals surface area contributed by atoms with Gasteiger partial charge < -0.3 is 19.4 Å². The molecule has 1 aromatic carbocycles. The van der Waals surface area contributed by atoms with Crippen LogP contribution >= 0.6 is 23.4 Å². The van der Waals surface area contributed by atoms with Crippen LogP contribution in [0.15, 0.2) is 51.6 Å². The number of hydrogen-bond donors (Lipinski definition) is 0. The summed E-state index contributed by atoms with van der Waals surface area (Å²) in [7, 11) is 2.07. The van der Waals surface area contributed by atoms with Crippen LogP contribution in [0.1, 0.15) is 31.9 Å². The highest BCUT2D eigenvalue weighted by Crippen LogP contribution is 2.45. The van der Waals surface area contributed by atoms with E-state index in [1.165, 1.54) is 11.8 Å². The van der Waals surface area contributed by atoms with Crippen molar-refractivity contribution in [2.24, 2.45) is 4.99 Å². The Morgan fingerprint density at radius 1 is 1.19 bits per heavy atom. The van der Waals surface area contributed by atoms with Crippen LogP contribution in [-0.4, -0.2) is 71.6 Å². The summed E-state index contributed by atoms with van der Waals surface area (Å²) in [5.41, 5.74) is 2.84. The highest BCUT2D eigenvalue weighted by Gasteiger charge is 2.41. The van der Waals surface area contributed by atoms with E-state index in [0.29, 0.717) is 16.3 Å². The second kappa shape index (κ2) is 9.68. The number of carbonyl (C=O) groups excluding carboxylic acids is 2. The van der Waals surface area contributed by atoms with Gasteiger partial charge in [0.2, 0.25) is 5.91 Å². The first-order chi connectivity index (χ1) is 15.4. The van der Waals surface area contributed by atoms with Gasteiger partial charge in [0.25, 0.3) is 0 Å². The molecule has 0 spiro atoms. The molecule has 1 saturated heterocycles. The Kier molecular flexibility index (Phi) is 6.93. The van der Waals surface area contributed by atoms with E-state index in [2.05, 4.69) is 16.9 Å². The topological polar surface area (TPSA) is 65.5 Å². The molecule has 1 fully saturated rings. The van der Waals surface area contributed by atoms with E-state index in [-0.39, 0.29) is 18.9 Å². The van der Waals surface area contributed by atoms with E-state index in [1.54, 1.807) is 6.92 Å². The number of hydrogen-bond acceptors (Lipinski definition) is 7.